The van der Waals surface area contributed by atoms with Gasteiger partial charge in [0, 0.05) is 31.7 Å². The van der Waals surface area contributed by atoms with E-state index in [0.717, 1.165) is 113 Å². The SMILES string of the molecule is CCCCCCOc1ccc(COc2cc(COc3cc(COc4ccc(C[C@H](NC(=O)OC(C)(C)C)C(=O)N[C@@H](C)C(=O)NC)cc4)cc(OCc4cc(OCc5ccc(OCCCCCC)cc5)cc(OCc5ccc(OCCCCCC)cc5)c4)c3)cc(OCc3ccc(OCCCCCC)cc3)c2)cc1. The standard InChI is InChI=1S/C91H117N3O15/c1-10-14-18-22-46-98-76-38-28-69(29-39-76)60-103-81-52-74(53-82(57-81)104-61-70-30-40-77(41-31-70)99-47-23-19-15-11-2)65-107-85-50-73(64-102-80-36-26-68(27-37-80)56-87(94-90(97)109-91(6,7)8)89(96)93-67(5)88(95)92-9)51-86(59-85)108-66-75-54-83(105-62-71-32-42-78(43-33-71)100-48-24-20-16-12-3)58-84(55-75)106-63-72-34-44-79(45-35-72)101-49-25-21-17-13-4/h26-45,50-55,57-59,67,87H,10-25,46-49,56,60-66H2,1-9H3,(H,92,95)(H,93,96)(H,94,97)/t67-,87-/m0/s1. The van der Waals surface area contributed by atoms with Crippen molar-refractivity contribution in [3.63, 3.8) is 0 Å². The van der Waals surface area contributed by atoms with Crippen LogP contribution in [0, 0.1) is 0 Å². The van der Waals surface area contributed by atoms with Gasteiger partial charge in [0.1, 0.15) is 127 Å². The molecule has 0 aliphatic carbocycles. The van der Waals surface area contributed by atoms with E-state index < -0.39 is 29.7 Å². The van der Waals surface area contributed by atoms with Crippen LogP contribution in [0.5, 0.6) is 63.2 Å². The molecule has 8 aromatic carbocycles. The highest BCUT2D eigenvalue weighted by Gasteiger charge is 2.27. The van der Waals surface area contributed by atoms with Gasteiger partial charge in [-0.3, -0.25) is 9.59 Å². The van der Waals surface area contributed by atoms with Gasteiger partial charge in [0.05, 0.1) is 26.4 Å². The van der Waals surface area contributed by atoms with Crippen LogP contribution in [0.2, 0.25) is 0 Å². The third-order valence-electron chi connectivity index (χ3n) is 17.8. The second-order valence-electron chi connectivity index (χ2n) is 28.6. The maximum atomic E-state index is 13.6. The van der Waals surface area contributed by atoms with Crippen LogP contribution in [0.25, 0.3) is 0 Å². The van der Waals surface area contributed by atoms with E-state index in [1.807, 2.05) is 164 Å². The van der Waals surface area contributed by atoms with E-state index in [4.69, 9.17) is 56.8 Å². The van der Waals surface area contributed by atoms with Gasteiger partial charge in [-0.05, 0) is 195 Å². The van der Waals surface area contributed by atoms with Crippen molar-refractivity contribution in [3.05, 3.63) is 220 Å². The average Bonchev–Trinajstić information content (AvgIpc) is 0.849. The number of hydrogen-bond acceptors (Lipinski definition) is 15. The van der Waals surface area contributed by atoms with E-state index >= 15 is 0 Å². The Morgan fingerprint density at radius 3 is 0.826 bits per heavy atom. The number of unbranched alkanes of at least 4 members (excludes halogenated alkanes) is 12. The van der Waals surface area contributed by atoms with Gasteiger partial charge in [-0.15, -0.1) is 0 Å². The molecule has 3 amide bonds. The lowest BCUT2D eigenvalue weighted by atomic mass is 10.0. The number of hydrogen-bond donors (Lipinski definition) is 3. The topological polar surface area (TPSA) is 198 Å². The number of amides is 3. The van der Waals surface area contributed by atoms with Crippen molar-refractivity contribution in [2.75, 3.05) is 33.5 Å². The Bertz CT molecular complexity index is 3580. The van der Waals surface area contributed by atoms with E-state index in [9.17, 15) is 14.4 Å². The highest BCUT2D eigenvalue weighted by molar-refractivity contribution is 5.91. The first-order valence-corrected chi connectivity index (χ1v) is 39.3. The molecule has 0 radical (unpaired) electrons. The Kier molecular flexibility index (Phi) is 36.3. The molecule has 0 aliphatic heterocycles. The summed E-state index contributed by atoms with van der Waals surface area (Å²) >= 11 is 0. The molecule has 0 heterocycles. The largest absolute Gasteiger partial charge is 0.494 e. The molecule has 8 rings (SSSR count). The van der Waals surface area contributed by atoms with E-state index in [1.165, 1.54) is 58.4 Å². The first-order valence-electron chi connectivity index (χ1n) is 39.3. The van der Waals surface area contributed by atoms with Gasteiger partial charge < -0.3 is 72.8 Å². The Hall–Kier alpha value is -10.2. The first-order chi connectivity index (χ1) is 53.0. The summed E-state index contributed by atoms with van der Waals surface area (Å²) in [5.41, 5.74) is 6.17. The zero-order valence-corrected chi connectivity index (χ0v) is 65.8. The zero-order chi connectivity index (χ0) is 77.3. The maximum absolute atomic E-state index is 13.6. The summed E-state index contributed by atoms with van der Waals surface area (Å²) in [5, 5.41) is 7.94. The van der Waals surface area contributed by atoms with Crippen molar-refractivity contribution in [1.82, 2.24) is 16.0 Å². The molecule has 0 aliphatic rings. The molecule has 586 valence electrons. The Morgan fingerprint density at radius 1 is 0.303 bits per heavy atom. The van der Waals surface area contributed by atoms with Gasteiger partial charge >= 0.3 is 6.09 Å². The van der Waals surface area contributed by atoms with E-state index in [-0.39, 0.29) is 32.1 Å². The van der Waals surface area contributed by atoms with E-state index in [2.05, 4.69) is 43.6 Å². The minimum Gasteiger partial charge on any atom is -0.494 e. The fourth-order valence-electron chi connectivity index (χ4n) is 11.6. The second-order valence-corrected chi connectivity index (χ2v) is 28.6. The quantitative estimate of drug-likeness (QED) is 0.0304. The predicted molar refractivity (Wildman–Crippen MR) is 429 cm³/mol. The van der Waals surface area contributed by atoms with Crippen LogP contribution >= 0.6 is 0 Å². The highest BCUT2D eigenvalue weighted by Crippen LogP contribution is 2.32. The van der Waals surface area contributed by atoms with Crippen molar-refractivity contribution >= 4 is 17.9 Å². The summed E-state index contributed by atoms with van der Waals surface area (Å²) in [5.74, 6) is 6.35. The average molecular weight is 1490 g/mol. The maximum Gasteiger partial charge on any atom is 0.408 e. The summed E-state index contributed by atoms with van der Waals surface area (Å²) in [6.45, 7) is 19.9. The van der Waals surface area contributed by atoms with Gasteiger partial charge in [0.15, 0.2) is 0 Å². The molecule has 18 nitrogen and oxygen atoms in total. The minimum absolute atomic E-state index is 0.0924. The molecule has 3 N–H and O–H groups in total. The van der Waals surface area contributed by atoms with Crippen LogP contribution in [0.15, 0.2) is 176 Å². The third kappa shape index (κ3) is 32.6. The van der Waals surface area contributed by atoms with Gasteiger partial charge in [-0.1, -0.05) is 165 Å². The highest BCUT2D eigenvalue weighted by atomic mass is 16.6. The smallest absolute Gasteiger partial charge is 0.408 e. The van der Waals surface area contributed by atoms with Crippen molar-refractivity contribution < 1.29 is 71.2 Å². The first kappa shape index (κ1) is 84.4. The summed E-state index contributed by atoms with van der Waals surface area (Å²) < 4.78 is 75.8. The molecule has 0 saturated carbocycles. The van der Waals surface area contributed by atoms with Crippen LogP contribution in [0.4, 0.5) is 4.79 Å². The Labute approximate surface area is 647 Å². The summed E-state index contributed by atoms with van der Waals surface area (Å²) in [7, 11) is 1.49. The van der Waals surface area contributed by atoms with Gasteiger partial charge in [0.25, 0.3) is 0 Å². The Balaban J connectivity index is 1.05. The molecule has 2 atom stereocenters. The Morgan fingerprint density at radius 2 is 0.560 bits per heavy atom. The molecule has 0 saturated heterocycles. The normalized spacial score (nSPS) is 11.7. The second kappa shape index (κ2) is 46.9. The lowest BCUT2D eigenvalue weighted by molar-refractivity contribution is -0.129. The molecular formula is C91H117N3O15. The van der Waals surface area contributed by atoms with E-state index in [0.29, 0.717) is 98.7 Å². The van der Waals surface area contributed by atoms with Crippen molar-refractivity contribution in [3.8, 4) is 63.2 Å². The summed E-state index contributed by atoms with van der Waals surface area (Å²) in [6.07, 6.45) is 17.5. The number of nitrogens with one attached hydrogen (secondary N) is 3. The van der Waals surface area contributed by atoms with Crippen LogP contribution in [0.1, 0.15) is 203 Å². The van der Waals surface area contributed by atoms with Crippen LogP contribution < -0.4 is 68.1 Å². The van der Waals surface area contributed by atoms with Gasteiger partial charge in [-0.2, -0.15) is 0 Å². The molecule has 0 fully saturated rings. The molecular weight excluding hydrogens is 1380 g/mol. The number of benzene rings is 8. The number of rotatable bonds is 51. The lowest BCUT2D eigenvalue weighted by Gasteiger charge is -2.24. The fourth-order valence-corrected chi connectivity index (χ4v) is 11.6. The molecule has 0 unspecified atom stereocenters. The monoisotopic (exact) mass is 1490 g/mol. The zero-order valence-electron chi connectivity index (χ0n) is 65.8. The minimum atomic E-state index is -1.07. The summed E-state index contributed by atoms with van der Waals surface area (Å²) in [6, 6.07) is 54.8. The van der Waals surface area contributed by atoms with Crippen molar-refractivity contribution in [1.29, 1.82) is 0 Å². The van der Waals surface area contributed by atoms with Crippen LogP contribution in [-0.4, -0.2) is 69.1 Å². The van der Waals surface area contributed by atoms with Gasteiger partial charge in [0.2, 0.25) is 11.8 Å². The lowest BCUT2D eigenvalue weighted by Crippen LogP contribution is -2.53. The van der Waals surface area contributed by atoms with Crippen LogP contribution in [0.3, 0.4) is 0 Å². The number of ether oxygens (including phenoxy) is 12. The number of alkyl carbamates (subject to hydrolysis) is 1. The predicted octanol–water partition coefficient (Wildman–Crippen LogP) is 20.3. The summed E-state index contributed by atoms with van der Waals surface area (Å²) in [4.78, 5) is 39.1. The van der Waals surface area contributed by atoms with Crippen LogP contribution in [-0.2, 0) is 67.0 Å². The number of carbonyl (C=O) groups excluding carboxylic acids is 3. The number of likely N-dealkylation sites (N-methyl/N-ethyl adjacent to an activating group) is 1. The fraction of sp³-hybridized carbons (Fsp3) is 0.440. The molecule has 0 bridgehead atoms. The molecule has 18 heteroatoms. The molecule has 109 heavy (non-hydrogen) atoms. The van der Waals surface area contributed by atoms with Gasteiger partial charge in [-0.25, -0.2) is 4.79 Å². The van der Waals surface area contributed by atoms with Crippen molar-refractivity contribution in [2.45, 2.75) is 228 Å². The molecule has 0 aromatic heterocycles. The van der Waals surface area contributed by atoms with E-state index in [1.54, 1.807) is 39.8 Å². The third-order valence-corrected chi connectivity index (χ3v) is 17.8. The molecule has 8 aromatic rings. The molecule has 0 spiro atoms. The van der Waals surface area contributed by atoms with Crippen molar-refractivity contribution in [2.24, 2.45) is 0 Å². The number of carbonyl (C=O) groups is 3.